The number of amides is 2. The minimum atomic E-state index is -0.573. The van der Waals surface area contributed by atoms with E-state index in [1.807, 2.05) is 6.07 Å². The highest BCUT2D eigenvalue weighted by molar-refractivity contribution is 5.90. The third-order valence-electron chi connectivity index (χ3n) is 3.57. The second-order valence-electron chi connectivity index (χ2n) is 5.52. The van der Waals surface area contributed by atoms with Gasteiger partial charge in [0, 0.05) is 11.1 Å². The summed E-state index contributed by atoms with van der Waals surface area (Å²) in [6.07, 6.45) is 1.55. The molecule has 8 heteroatoms. The Morgan fingerprint density at radius 2 is 1.85 bits per heavy atom. The van der Waals surface area contributed by atoms with Crippen molar-refractivity contribution in [1.82, 2.24) is 9.78 Å². The number of hydrogen-bond acceptors (Lipinski definition) is 5. The summed E-state index contributed by atoms with van der Waals surface area (Å²) >= 11 is 0. The van der Waals surface area contributed by atoms with Crippen molar-refractivity contribution < 1.29 is 14.3 Å². The van der Waals surface area contributed by atoms with E-state index in [0.29, 0.717) is 16.8 Å². The van der Waals surface area contributed by atoms with Crippen molar-refractivity contribution in [3.05, 3.63) is 65.1 Å². The van der Waals surface area contributed by atoms with Gasteiger partial charge in [0.2, 0.25) is 5.91 Å². The molecule has 1 heterocycles. The van der Waals surface area contributed by atoms with E-state index >= 15 is 0 Å². The zero-order valence-corrected chi connectivity index (χ0v) is 13.7. The molecule has 0 spiro atoms. The first-order chi connectivity index (χ1) is 12.5. The number of fused-ring (bicyclic) bond motifs is 1. The lowest BCUT2D eigenvalue weighted by molar-refractivity contribution is -0.120. The number of nitrogens with one attached hydrogen (secondary N) is 1. The highest BCUT2D eigenvalue weighted by atomic mass is 16.5. The fraction of sp³-hybridized carbons (Fsp3) is 0.111. The van der Waals surface area contributed by atoms with E-state index in [1.54, 1.807) is 48.7 Å². The number of aromatic nitrogens is 2. The smallest absolute Gasteiger partial charge is 0.275 e. The molecule has 3 rings (SSSR count). The third-order valence-corrected chi connectivity index (χ3v) is 3.57. The van der Waals surface area contributed by atoms with Crippen LogP contribution in [-0.2, 0) is 16.1 Å². The van der Waals surface area contributed by atoms with Crippen molar-refractivity contribution in [3.8, 4) is 5.75 Å². The zero-order chi connectivity index (χ0) is 18.5. The Kier molecular flexibility index (Phi) is 4.93. The normalized spacial score (nSPS) is 10.5. The quantitative estimate of drug-likeness (QED) is 0.684. The third kappa shape index (κ3) is 4.04. The van der Waals surface area contributed by atoms with E-state index in [-0.39, 0.29) is 24.6 Å². The van der Waals surface area contributed by atoms with Gasteiger partial charge in [-0.2, -0.15) is 5.10 Å². The van der Waals surface area contributed by atoms with Crippen LogP contribution in [0.3, 0.4) is 0 Å². The van der Waals surface area contributed by atoms with E-state index in [0.717, 1.165) is 10.1 Å². The molecule has 2 amide bonds. The zero-order valence-electron chi connectivity index (χ0n) is 13.7. The molecule has 3 aromatic rings. The van der Waals surface area contributed by atoms with Crippen LogP contribution in [0.4, 0.5) is 5.69 Å². The van der Waals surface area contributed by atoms with Crippen LogP contribution in [0.5, 0.6) is 5.75 Å². The molecule has 8 nitrogen and oxygen atoms in total. The molecule has 3 N–H and O–H groups in total. The predicted molar refractivity (Wildman–Crippen MR) is 95.8 cm³/mol. The summed E-state index contributed by atoms with van der Waals surface area (Å²) in [5.41, 5.74) is 5.20. The van der Waals surface area contributed by atoms with E-state index in [2.05, 4.69) is 10.4 Å². The Hall–Kier alpha value is -3.68. The van der Waals surface area contributed by atoms with Gasteiger partial charge in [0.05, 0.1) is 11.6 Å². The average Bonchev–Trinajstić information content (AvgIpc) is 2.63. The topological polar surface area (TPSA) is 116 Å². The van der Waals surface area contributed by atoms with Gasteiger partial charge in [0.25, 0.3) is 11.5 Å². The number of rotatable bonds is 6. The van der Waals surface area contributed by atoms with Crippen molar-refractivity contribution in [3.63, 3.8) is 0 Å². The largest absolute Gasteiger partial charge is 0.484 e. The summed E-state index contributed by atoms with van der Waals surface area (Å²) in [6.45, 7) is -0.425. The van der Waals surface area contributed by atoms with Gasteiger partial charge in [-0.15, -0.1) is 0 Å². The summed E-state index contributed by atoms with van der Waals surface area (Å²) < 4.78 is 6.25. The molecule has 1 aromatic heterocycles. The fourth-order valence-corrected chi connectivity index (χ4v) is 2.37. The Labute approximate surface area is 148 Å². The van der Waals surface area contributed by atoms with Crippen LogP contribution >= 0.6 is 0 Å². The Morgan fingerprint density at radius 3 is 2.58 bits per heavy atom. The highest BCUT2D eigenvalue weighted by Gasteiger charge is 2.09. The number of primary amides is 1. The number of nitrogens with two attached hydrogens (primary N) is 1. The van der Waals surface area contributed by atoms with Gasteiger partial charge >= 0.3 is 0 Å². The van der Waals surface area contributed by atoms with Crippen molar-refractivity contribution in [2.24, 2.45) is 5.73 Å². The van der Waals surface area contributed by atoms with Gasteiger partial charge in [-0.1, -0.05) is 18.2 Å². The van der Waals surface area contributed by atoms with E-state index in [9.17, 15) is 14.4 Å². The summed E-state index contributed by atoms with van der Waals surface area (Å²) in [5.74, 6) is -0.509. The van der Waals surface area contributed by atoms with E-state index in [4.69, 9.17) is 10.5 Å². The number of anilines is 1. The standard InChI is InChI=1S/C18H16N4O4/c19-16(23)11-26-14-7-5-13(6-8-14)21-17(24)10-22-18(25)15-4-2-1-3-12(15)9-20-22/h1-9H,10-11H2,(H2,19,23)(H,21,24). The molecule has 26 heavy (non-hydrogen) atoms. The molecule has 0 atom stereocenters. The van der Waals surface area contributed by atoms with Crippen molar-refractivity contribution in [2.75, 3.05) is 11.9 Å². The molecule has 132 valence electrons. The number of ether oxygens (including phenoxy) is 1. The lowest BCUT2D eigenvalue weighted by atomic mass is 10.2. The number of hydrogen-bond donors (Lipinski definition) is 2. The summed E-state index contributed by atoms with van der Waals surface area (Å²) in [4.78, 5) is 35.2. The summed E-state index contributed by atoms with van der Waals surface area (Å²) in [5, 5.41) is 7.92. The van der Waals surface area contributed by atoms with Crippen LogP contribution in [0, 0.1) is 0 Å². The minimum Gasteiger partial charge on any atom is -0.484 e. The highest BCUT2D eigenvalue weighted by Crippen LogP contribution is 2.15. The van der Waals surface area contributed by atoms with Crippen LogP contribution < -0.4 is 21.3 Å². The molecule has 0 unspecified atom stereocenters. The molecule has 0 aliphatic heterocycles. The Bertz CT molecular complexity index is 1010. The first kappa shape index (κ1) is 17.2. The van der Waals surface area contributed by atoms with Gasteiger partial charge < -0.3 is 15.8 Å². The molecule has 0 aliphatic carbocycles. The molecule has 0 radical (unpaired) electrons. The van der Waals surface area contributed by atoms with E-state index in [1.165, 1.54) is 0 Å². The van der Waals surface area contributed by atoms with Gasteiger partial charge in [-0.3, -0.25) is 14.4 Å². The van der Waals surface area contributed by atoms with Gasteiger partial charge in [-0.25, -0.2) is 4.68 Å². The molecular weight excluding hydrogens is 336 g/mol. The molecule has 0 bridgehead atoms. The van der Waals surface area contributed by atoms with E-state index < -0.39 is 5.91 Å². The lowest BCUT2D eigenvalue weighted by Crippen LogP contribution is -2.29. The second-order valence-corrected chi connectivity index (χ2v) is 5.52. The second kappa shape index (κ2) is 7.47. The molecular formula is C18H16N4O4. The van der Waals surface area contributed by atoms with Crippen LogP contribution in [0.25, 0.3) is 10.8 Å². The molecule has 0 saturated carbocycles. The molecule has 0 aliphatic rings. The maximum atomic E-state index is 12.4. The number of benzene rings is 2. The summed E-state index contributed by atoms with van der Waals surface area (Å²) in [7, 11) is 0. The van der Waals surface area contributed by atoms with Crippen LogP contribution in [0.1, 0.15) is 0 Å². The van der Waals surface area contributed by atoms with Gasteiger partial charge in [-0.05, 0) is 30.3 Å². The average molecular weight is 352 g/mol. The number of carbonyl (C=O) groups excluding carboxylic acids is 2. The first-order valence-electron chi connectivity index (χ1n) is 7.79. The van der Waals surface area contributed by atoms with Crippen molar-refractivity contribution in [1.29, 1.82) is 0 Å². The van der Waals surface area contributed by atoms with Gasteiger partial charge in [0.1, 0.15) is 12.3 Å². The maximum Gasteiger partial charge on any atom is 0.275 e. The molecule has 2 aromatic carbocycles. The number of carbonyl (C=O) groups is 2. The Morgan fingerprint density at radius 1 is 1.12 bits per heavy atom. The Balaban J connectivity index is 1.66. The number of nitrogens with zero attached hydrogens (tertiary/aromatic N) is 2. The predicted octanol–water partition coefficient (Wildman–Crippen LogP) is 0.899. The van der Waals surface area contributed by atoms with Gasteiger partial charge in [0.15, 0.2) is 6.61 Å². The van der Waals surface area contributed by atoms with Crippen LogP contribution in [-0.4, -0.2) is 28.2 Å². The van der Waals surface area contributed by atoms with Crippen molar-refractivity contribution >= 4 is 28.3 Å². The fourth-order valence-electron chi connectivity index (χ4n) is 2.37. The minimum absolute atomic E-state index is 0.205. The maximum absolute atomic E-state index is 12.4. The monoisotopic (exact) mass is 352 g/mol. The first-order valence-corrected chi connectivity index (χ1v) is 7.79. The molecule has 0 saturated heterocycles. The van der Waals surface area contributed by atoms with Crippen LogP contribution in [0.15, 0.2) is 59.5 Å². The SMILES string of the molecule is NC(=O)COc1ccc(NC(=O)Cn2ncc3ccccc3c2=O)cc1. The summed E-state index contributed by atoms with van der Waals surface area (Å²) in [6, 6.07) is 13.5. The van der Waals surface area contributed by atoms with Crippen molar-refractivity contribution in [2.45, 2.75) is 6.54 Å². The molecule has 0 fully saturated rings. The lowest BCUT2D eigenvalue weighted by Gasteiger charge is -2.08. The van der Waals surface area contributed by atoms with Crippen LogP contribution in [0.2, 0.25) is 0 Å².